The van der Waals surface area contributed by atoms with Crippen molar-refractivity contribution in [1.29, 1.82) is 0 Å². The molecule has 9 nitrogen and oxygen atoms in total. The molecule has 13 heteroatoms. The van der Waals surface area contributed by atoms with Crippen LogP contribution >= 0.6 is 55.1 Å². The Morgan fingerprint density at radius 1 is 1.00 bits per heavy atom. The van der Waals surface area contributed by atoms with E-state index in [-0.39, 0.29) is 53.2 Å². The first-order chi connectivity index (χ1) is 22.5. The number of hydrogen-bond acceptors (Lipinski definition) is 7. The van der Waals surface area contributed by atoms with Crippen LogP contribution in [0.3, 0.4) is 0 Å². The normalized spacial score (nSPS) is 32.7. The van der Waals surface area contributed by atoms with Crippen molar-refractivity contribution in [3.8, 4) is 11.5 Å². The summed E-state index contributed by atoms with van der Waals surface area (Å²) >= 11 is 21.4. The Morgan fingerprint density at radius 3 is 2.36 bits per heavy atom. The number of hydrogen-bond donors (Lipinski definition) is 1. The number of carbonyl (C=O) groups excluding carboxylic acids is 4. The summed E-state index contributed by atoms with van der Waals surface area (Å²) in [6, 6.07) is 13.2. The molecule has 248 valence electrons. The third-order valence-electron chi connectivity index (χ3n) is 10.8. The van der Waals surface area contributed by atoms with Crippen molar-refractivity contribution in [2.45, 2.75) is 53.9 Å². The van der Waals surface area contributed by atoms with E-state index in [0.29, 0.717) is 22.9 Å². The van der Waals surface area contributed by atoms with E-state index in [9.17, 15) is 24.3 Å². The molecule has 2 aromatic carbocycles. The molecule has 5 aliphatic rings. The highest BCUT2D eigenvalue weighted by Crippen LogP contribution is 2.66. The van der Waals surface area contributed by atoms with Crippen LogP contribution in [-0.2, 0) is 25.7 Å². The van der Waals surface area contributed by atoms with Crippen LogP contribution in [0.1, 0.15) is 42.7 Å². The number of carbonyl (C=O) groups is 4. The molecular formula is C34H33Br2Cl2N3O6. The quantitative estimate of drug-likeness (QED) is 0.177. The molecule has 2 aliphatic carbocycles. The molecule has 0 spiro atoms. The number of alkyl halides is 3. The molecule has 3 aliphatic heterocycles. The lowest BCUT2D eigenvalue weighted by atomic mass is 9.56. The number of phenolic OH excluding ortho intramolecular Hbond substituents is 1. The van der Waals surface area contributed by atoms with Gasteiger partial charge in [-0.15, -0.1) is 23.2 Å². The van der Waals surface area contributed by atoms with E-state index in [4.69, 9.17) is 27.9 Å². The second kappa shape index (κ2) is 12.2. The van der Waals surface area contributed by atoms with Gasteiger partial charge in [-0.3, -0.25) is 33.9 Å². The molecule has 7 rings (SSSR count). The topological polar surface area (TPSA) is 107 Å². The highest BCUT2D eigenvalue weighted by atomic mass is 79.9. The summed E-state index contributed by atoms with van der Waals surface area (Å²) < 4.78 is 5.97. The summed E-state index contributed by atoms with van der Waals surface area (Å²) in [5.74, 6) is -5.12. The van der Waals surface area contributed by atoms with Gasteiger partial charge >= 0.3 is 0 Å². The largest absolute Gasteiger partial charge is 0.504 e. The molecule has 0 aromatic heterocycles. The first-order valence-corrected chi connectivity index (χ1v) is 18.3. The summed E-state index contributed by atoms with van der Waals surface area (Å²) in [6.45, 7) is 2.31. The Kier molecular flexibility index (Phi) is 8.56. The second-order valence-electron chi connectivity index (χ2n) is 13.1. The Hall–Kier alpha value is -2.44. The predicted molar refractivity (Wildman–Crippen MR) is 182 cm³/mol. The number of allylic oxidation sites excluding steroid dienone is 2. The summed E-state index contributed by atoms with van der Waals surface area (Å²) in [7, 11) is 1.40. The summed E-state index contributed by atoms with van der Waals surface area (Å²) in [5, 5.41) is 11.4. The number of benzene rings is 2. The number of halogens is 4. The Labute approximate surface area is 299 Å². The third-order valence-corrected chi connectivity index (χ3v) is 13.2. The summed E-state index contributed by atoms with van der Waals surface area (Å²) in [6.07, 6.45) is 3.36. The number of piperidine rings is 1. The minimum absolute atomic E-state index is 0.107. The molecule has 1 saturated carbocycles. The minimum atomic E-state index is -2.02. The second-order valence-corrected chi connectivity index (χ2v) is 15.7. The van der Waals surface area contributed by atoms with Crippen LogP contribution in [-0.4, -0.2) is 84.9 Å². The van der Waals surface area contributed by atoms with E-state index in [2.05, 4.69) is 48.9 Å². The first-order valence-electron chi connectivity index (χ1n) is 15.7. The van der Waals surface area contributed by atoms with Crippen molar-refractivity contribution < 1.29 is 29.0 Å². The number of rotatable bonds is 6. The van der Waals surface area contributed by atoms with Crippen LogP contribution < -0.4 is 4.74 Å². The van der Waals surface area contributed by atoms with Gasteiger partial charge in [0.2, 0.25) is 11.8 Å². The average Bonchev–Trinajstić information content (AvgIpc) is 3.40. The maximum atomic E-state index is 14.4. The summed E-state index contributed by atoms with van der Waals surface area (Å²) in [5.41, 5.74) is 1.94. The zero-order valence-corrected chi connectivity index (χ0v) is 30.2. The first kappa shape index (κ1) is 33.1. The monoisotopic (exact) mass is 807 g/mol. The zero-order valence-electron chi connectivity index (χ0n) is 25.5. The van der Waals surface area contributed by atoms with Crippen molar-refractivity contribution in [2.75, 3.05) is 25.7 Å². The van der Waals surface area contributed by atoms with Gasteiger partial charge in [0.05, 0.1) is 24.4 Å². The van der Waals surface area contributed by atoms with Crippen LogP contribution in [0.15, 0.2) is 58.6 Å². The van der Waals surface area contributed by atoms with Crippen LogP contribution in [0.5, 0.6) is 11.5 Å². The molecule has 0 bridgehead atoms. The minimum Gasteiger partial charge on any atom is -0.504 e. The smallest absolute Gasteiger partial charge is 0.254 e. The van der Waals surface area contributed by atoms with E-state index in [0.717, 1.165) is 24.5 Å². The van der Waals surface area contributed by atoms with Gasteiger partial charge in [0.1, 0.15) is 0 Å². The lowest BCUT2D eigenvalue weighted by molar-refractivity contribution is -0.144. The van der Waals surface area contributed by atoms with Gasteiger partial charge < -0.3 is 9.84 Å². The number of fused-ring (bicyclic) bond motifs is 4. The number of ether oxygens (including phenoxy) is 1. The molecule has 0 radical (unpaired) electrons. The Bertz CT molecular complexity index is 1700. The van der Waals surface area contributed by atoms with Crippen LogP contribution in [0.4, 0.5) is 0 Å². The van der Waals surface area contributed by atoms with E-state index < -0.39 is 45.2 Å². The van der Waals surface area contributed by atoms with Gasteiger partial charge in [0.25, 0.3) is 11.8 Å². The molecule has 3 heterocycles. The molecular weight excluding hydrogens is 777 g/mol. The van der Waals surface area contributed by atoms with Gasteiger partial charge in [-0.2, -0.15) is 0 Å². The average molecular weight is 810 g/mol. The van der Waals surface area contributed by atoms with E-state index in [1.54, 1.807) is 12.1 Å². The fourth-order valence-corrected chi connectivity index (χ4v) is 10.5. The molecule has 6 unspecified atom stereocenters. The number of amides is 4. The number of methoxy groups -OCH3 is 1. The number of aromatic hydroxyl groups is 1. The standard InChI is InChI=1S/C34H33Br2Cl2N3O6/c1-47-25-14-19(36)13-23(28(25)42)27-21-7-8-22-26(24(21)15-33(37)31(45)40(17-35)32(46)34(27,33)38)30(44)41(29(22)43)20-9-11-39(12-10-20)16-18-5-3-2-4-6-18/h2-7,13-14,20,22,24,26-27,42H,8-12,15-17H2,1H3. The fraction of sp³-hybridized carbons (Fsp3) is 0.471. The lowest BCUT2D eigenvalue weighted by Gasteiger charge is -2.50. The molecule has 3 saturated heterocycles. The van der Waals surface area contributed by atoms with Crippen molar-refractivity contribution in [1.82, 2.24) is 14.7 Å². The molecule has 6 atom stereocenters. The van der Waals surface area contributed by atoms with Gasteiger partial charge in [0.15, 0.2) is 21.2 Å². The van der Waals surface area contributed by atoms with Crippen molar-refractivity contribution >= 4 is 78.7 Å². The number of imide groups is 2. The van der Waals surface area contributed by atoms with Crippen LogP contribution in [0, 0.1) is 17.8 Å². The number of likely N-dealkylation sites (tertiary alicyclic amines) is 3. The molecule has 4 amide bonds. The molecule has 2 aromatic rings. The lowest BCUT2D eigenvalue weighted by Crippen LogP contribution is -2.60. The van der Waals surface area contributed by atoms with E-state index in [1.807, 2.05) is 24.3 Å². The van der Waals surface area contributed by atoms with Gasteiger partial charge in [0, 0.05) is 41.6 Å². The Morgan fingerprint density at radius 2 is 1.70 bits per heavy atom. The SMILES string of the molecule is COc1cc(Br)cc(C2C3=CCC4C(=O)N(C5CCN(Cc6ccccc6)CC5)C(=O)C4C3CC3(Cl)C(=O)N(CBr)C(=O)C23Cl)c1O. The van der Waals surface area contributed by atoms with Crippen molar-refractivity contribution in [3.05, 3.63) is 69.7 Å². The van der Waals surface area contributed by atoms with Crippen molar-refractivity contribution in [2.24, 2.45) is 17.8 Å². The molecule has 4 fully saturated rings. The van der Waals surface area contributed by atoms with Gasteiger partial charge in [-0.1, -0.05) is 73.8 Å². The van der Waals surface area contributed by atoms with Crippen LogP contribution in [0.25, 0.3) is 0 Å². The summed E-state index contributed by atoms with van der Waals surface area (Å²) in [4.78, 5) is 57.2. The maximum absolute atomic E-state index is 14.4. The molecule has 47 heavy (non-hydrogen) atoms. The highest BCUT2D eigenvalue weighted by Gasteiger charge is 2.76. The molecule has 1 N–H and O–H groups in total. The predicted octanol–water partition coefficient (Wildman–Crippen LogP) is 5.54. The van der Waals surface area contributed by atoms with Crippen LogP contribution in [0.2, 0.25) is 0 Å². The Balaban J connectivity index is 1.24. The zero-order chi connectivity index (χ0) is 33.4. The highest BCUT2D eigenvalue weighted by molar-refractivity contribution is 9.10. The van der Waals surface area contributed by atoms with Gasteiger partial charge in [-0.25, -0.2) is 0 Å². The third kappa shape index (κ3) is 4.85. The van der Waals surface area contributed by atoms with E-state index >= 15 is 0 Å². The fourth-order valence-electron chi connectivity index (χ4n) is 8.63. The van der Waals surface area contributed by atoms with Crippen molar-refractivity contribution in [3.63, 3.8) is 0 Å². The van der Waals surface area contributed by atoms with Gasteiger partial charge in [-0.05, 0) is 49.3 Å². The maximum Gasteiger partial charge on any atom is 0.254 e. The van der Waals surface area contributed by atoms with E-state index in [1.165, 1.54) is 17.6 Å². The number of phenols is 1. The number of nitrogens with zero attached hydrogens (tertiary/aromatic N) is 3.